The molecule has 0 N–H and O–H groups in total. The Hall–Kier alpha value is -2.14. The van der Waals surface area contributed by atoms with Crippen molar-refractivity contribution in [3.63, 3.8) is 0 Å². The largest absolute Gasteiger partial charge is 0.513 e. The lowest BCUT2D eigenvalue weighted by atomic mass is 9.87. The topological polar surface area (TPSA) is 61.8 Å². The van der Waals surface area contributed by atoms with Crippen LogP contribution in [-0.4, -0.2) is 31.8 Å². The van der Waals surface area contributed by atoms with E-state index in [1.807, 2.05) is 41.5 Å². The lowest BCUT2D eigenvalue weighted by Crippen LogP contribution is -2.19. The SMILES string of the molecule is Cc1cc(C)c(C2=C(OC(=O)OCC(C)(C)C)CC(CC3CCOC3)C2=O)c(C)c1. The van der Waals surface area contributed by atoms with E-state index in [1.54, 1.807) is 0 Å². The minimum absolute atomic E-state index is 0.0653. The van der Waals surface area contributed by atoms with Crippen LogP contribution < -0.4 is 0 Å². The fourth-order valence-corrected chi connectivity index (χ4v) is 4.46. The third-order valence-electron chi connectivity index (χ3n) is 5.73. The first-order chi connectivity index (χ1) is 14.0. The molecular weight excluding hydrogens is 380 g/mol. The number of ether oxygens (including phenoxy) is 3. The van der Waals surface area contributed by atoms with E-state index in [2.05, 4.69) is 12.1 Å². The molecule has 2 aliphatic rings. The van der Waals surface area contributed by atoms with Crippen molar-refractivity contribution in [2.24, 2.45) is 17.3 Å². The van der Waals surface area contributed by atoms with Crippen molar-refractivity contribution in [1.29, 1.82) is 0 Å². The molecule has 1 saturated heterocycles. The highest BCUT2D eigenvalue weighted by Gasteiger charge is 2.39. The molecule has 2 unspecified atom stereocenters. The number of carbonyl (C=O) groups excluding carboxylic acids is 2. The summed E-state index contributed by atoms with van der Waals surface area (Å²) in [5.74, 6) is 0.707. The smallest absolute Gasteiger partial charge is 0.433 e. The van der Waals surface area contributed by atoms with E-state index in [0.29, 0.717) is 30.3 Å². The third kappa shape index (κ3) is 5.31. The summed E-state index contributed by atoms with van der Waals surface area (Å²) in [5.41, 5.74) is 4.45. The van der Waals surface area contributed by atoms with Crippen molar-refractivity contribution in [3.05, 3.63) is 40.1 Å². The van der Waals surface area contributed by atoms with E-state index < -0.39 is 6.16 Å². The van der Waals surface area contributed by atoms with Gasteiger partial charge in [0, 0.05) is 25.6 Å². The second-order valence-electron chi connectivity index (χ2n) is 10.0. The van der Waals surface area contributed by atoms with Gasteiger partial charge in [-0.05, 0) is 61.6 Å². The molecule has 0 bridgehead atoms. The van der Waals surface area contributed by atoms with Gasteiger partial charge in [-0.2, -0.15) is 0 Å². The maximum absolute atomic E-state index is 13.5. The number of carbonyl (C=O) groups is 2. The van der Waals surface area contributed by atoms with Crippen molar-refractivity contribution in [2.45, 2.75) is 60.8 Å². The summed E-state index contributed by atoms with van der Waals surface area (Å²) in [4.78, 5) is 25.9. The van der Waals surface area contributed by atoms with Crippen LogP contribution >= 0.6 is 0 Å². The molecular formula is C25H34O5. The van der Waals surface area contributed by atoms with Crippen molar-refractivity contribution >= 4 is 17.5 Å². The molecule has 0 amide bonds. The predicted octanol–water partition coefficient (Wildman–Crippen LogP) is 5.54. The van der Waals surface area contributed by atoms with Crippen LogP contribution in [0.2, 0.25) is 0 Å². The zero-order chi connectivity index (χ0) is 22.1. The summed E-state index contributed by atoms with van der Waals surface area (Å²) in [6.45, 7) is 13.7. The van der Waals surface area contributed by atoms with Gasteiger partial charge < -0.3 is 14.2 Å². The lowest BCUT2D eigenvalue weighted by molar-refractivity contribution is -0.117. The van der Waals surface area contributed by atoms with Crippen LogP contribution in [0, 0.1) is 38.0 Å². The third-order valence-corrected chi connectivity index (χ3v) is 5.73. The van der Waals surface area contributed by atoms with Crippen LogP contribution in [0.1, 0.15) is 62.3 Å². The van der Waals surface area contributed by atoms with E-state index in [-0.39, 0.29) is 23.7 Å². The predicted molar refractivity (Wildman–Crippen MR) is 116 cm³/mol. The molecule has 0 radical (unpaired) electrons. The number of rotatable bonds is 5. The van der Waals surface area contributed by atoms with E-state index in [1.165, 1.54) is 0 Å². The maximum atomic E-state index is 13.5. The fourth-order valence-electron chi connectivity index (χ4n) is 4.46. The maximum Gasteiger partial charge on any atom is 0.513 e. The van der Waals surface area contributed by atoms with Crippen LogP contribution in [0.5, 0.6) is 0 Å². The number of aryl methyl sites for hydroxylation is 3. The Labute approximate surface area is 179 Å². The van der Waals surface area contributed by atoms with Gasteiger partial charge in [-0.3, -0.25) is 4.79 Å². The van der Waals surface area contributed by atoms with E-state index in [0.717, 1.165) is 41.7 Å². The van der Waals surface area contributed by atoms with Gasteiger partial charge in [0.05, 0.1) is 12.2 Å². The Morgan fingerprint density at radius 3 is 2.40 bits per heavy atom. The fraction of sp³-hybridized carbons (Fsp3) is 0.600. The average molecular weight is 415 g/mol. The first-order valence-electron chi connectivity index (χ1n) is 10.8. The molecule has 0 spiro atoms. The minimum Gasteiger partial charge on any atom is -0.433 e. The molecule has 1 fully saturated rings. The normalized spacial score (nSPS) is 22.0. The molecule has 1 aromatic rings. The van der Waals surface area contributed by atoms with Gasteiger partial charge >= 0.3 is 6.16 Å². The molecule has 5 heteroatoms. The van der Waals surface area contributed by atoms with Crippen LogP contribution in [0.4, 0.5) is 4.79 Å². The Morgan fingerprint density at radius 2 is 1.83 bits per heavy atom. The zero-order valence-electron chi connectivity index (χ0n) is 19.1. The highest BCUT2D eigenvalue weighted by atomic mass is 16.7. The van der Waals surface area contributed by atoms with Gasteiger partial charge in [0.1, 0.15) is 5.76 Å². The molecule has 1 heterocycles. The summed E-state index contributed by atoms with van der Waals surface area (Å²) in [7, 11) is 0. The molecule has 5 nitrogen and oxygen atoms in total. The Kier molecular flexibility index (Phi) is 6.71. The summed E-state index contributed by atoms with van der Waals surface area (Å²) in [5, 5.41) is 0. The summed E-state index contributed by atoms with van der Waals surface area (Å²) in [6.07, 6.45) is 1.43. The molecule has 2 atom stereocenters. The monoisotopic (exact) mass is 414 g/mol. The average Bonchev–Trinajstić information content (AvgIpc) is 3.23. The molecule has 1 aromatic carbocycles. The van der Waals surface area contributed by atoms with Crippen molar-refractivity contribution in [3.8, 4) is 0 Å². The minimum atomic E-state index is -0.738. The second kappa shape index (κ2) is 8.93. The zero-order valence-corrected chi connectivity index (χ0v) is 19.1. The van der Waals surface area contributed by atoms with Gasteiger partial charge in [0.15, 0.2) is 5.78 Å². The first kappa shape index (κ1) is 22.5. The highest BCUT2D eigenvalue weighted by Crippen LogP contribution is 2.42. The number of hydrogen-bond acceptors (Lipinski definition) is 5. The number of benzene rings is 1. The van der Waals surface area contributed by atoms with Crippen molar-refractivity contribution in [1.82, 2.24) is 0 Å². The molecule has 1 aliphatic carbocycles. The van der Waals surface area contributed by atoms with Crippen LogP contribution in [0.15, 0.2) is 17.9 Å². The number of allylic oxidation sites excluding steroid dienone is 2. The van der Waals surface area contributed by atoms with Crippen molar-refractivity contribution < 1.29 is 23.8 Å². The van der Waals surface area contributed by atoms with E-state index in [4.69, 9.17) is 14.2 Å². The van der Waals surface area contributed by atoms with Crippen LogP contribution in [0.25, 0.3) is 5.57 Å². The van der Waals surface area contributed by atoms with Gasteiger partial charge in [-0.1, -0.05) is 38.5 Å². The molecule has 30 heavy (non-hydrogen) atoms. The molecule has 1 aliphatic heterocycles. The molecule has 0 saturated carbocycles. The van der Waals surface area contributed by atoms with Crippen molar-refractivity contribution in [2.75, 3.05) is 19.8 Å². The van der Waals surface area contributed by atoms with Gasteiger partial charge in [-0.15, -0.1) is 0 Å². The highest BCUT2D eigenvalue weighted by molar-refractivity contribution is 6.25. The molecule has 0 aromatic heterocycles. The van der Waals surface area contributed by atoms with E-state index in [9.17, 15) is 9.59 Å². The number of hydrogen-bond donors (Lipinski definition) is 0. The summed E-state index contributed by atoms with van der Waals surface area (Å²) in [6, 6.07) is 4.13. The van der Waals surface area contributed by atoms with Gasteiger partial charge in [0.2, 0.25) is 0 Å². The number of Topliss-reactive ketones (excluding diaryl/α,β-unsaturated/α-hetero) is 1. The number of ketones is 1. The molecule has 3 rings (SSSR count). The van der Waals surface area contributed by atoms with Gasteiger partial charge in [-0.25, -0.2) is 4.79 Å². The Bertz CT molecular complexity index is 830. The lowest BCUT2D eigenvalue weighted by Gasteiger charge is -2.18. The Balaban J connectivity index is 1.89. The molecule has 164 valence electrons. The summed E-state index contributed by atoms with van der Waals surface area (Å²) < 4.78 is 16.4. The van der Waals surface area contributed by atoms with E-state index >= 15 is 0 Å². The Morgan fingerprint density at radius 1 is 1.17 bits per heavy atom. The first-order valence-corrected chi connectivity index (χ1v) is 10.8. The quantitative estimate of drug-likeness (QED) is 0.592. The van der Waals surface area contributed by atoms with Gasteiger partial charge in [0.25, 0.3) is 0 Å². The summed E-state index contributed by atoms with van der Waals surface area (Å²) >= 11 is 0. The second-order valence-corrected chi connectivity index (χ2v) is 10.0. The van der Waals surface area contributed by atoms with Crippen LogP contribution in [0.3, 0.4) is 0 Å². The standard InChI is InChI=1S/C25H34O5/c1-15-9-16(2)21(17(3)10-15)22-20(30-24(27)29-14-25(4,5)6)12-19(23(22)26)11-18-7-8-28-13-18/h9-10,18-19H,7-8,11-14H2,1-6H3. The van der Waals surface area contributed by atoms with Crippen LogP contribution in [-0.2, 0) is 19.0 Å².